The summed E-state index contributed by atoms with van der Waals surface area (Å²) in [7, 11) is 0. The van der Waals surface area contributed by atoms with Crippen LogP contribution < -0.4 is 0 Å². The molecule has 0 amide bonds. The average molecular weight is 199 g/mol. The summed E-state index contributed by atoms with van der Waals surface area (Å²) in [5.74, 6) is 0. The van der Waals surface area contributed by atoms with Gasteiger partial charge in [-0.05, 0) is 18.1 Å². The quantitative estimate of drug-likeness (QED) is 0.767. The van der Waals surface area contributed by atoms with Gasteiger partial charge >= 0.3 is 0 Å². The van der Waals surface area contributed by atoms with E-state index in [1.807, 2.05) is 20.0 Å². The van der Waals surface area contributed by atoms with Crippen LogP contribution in [0.5, 0.6) is 0 Å². The monoisotopic (exact) mass is 199 g/mol. The second kappa shape index (κ2) is 6.07. The molecular formula is C10H18FN3. The Morgan fingerprint density at radius 1 is 1.36 bits per heavy atom. The minimum Gasteiger partial charge on any atom is -0.276 e. The van der Waals surface area contributed by atoms with Crippen molar-refractivity contribution in [3.05, 3.63) is 24.0 Å². The van der Waals surface area contributed by atoms with Gasteiger partial charge in [-0.2, -0.15) is 5.10 Å². The number of H-pyrrole nitrogens is 1. The van der Waals surface area contributed by atoms with Crippen LogP contribution in [0.1, 0.15) is 27.8 Å². The third kappa shape index (κ3) is 2.52. The van der Waals surface area contributed by atoms with E-state index >= 15 is 0 Å². The molecule has 0 bridgehead atoms. The van der Waals surface area contributed by atoms with Gasteiger partial charge in [0.1, 0.15) is 5.52 Å². The highest BCUT2D eigenvalue weighted by atomic mass is 19.0. The summed E-state index contributed by atoms with van der Waals surface area (Å²) < 4.78 is 0. The number of aromatic nitrogens is 3. The molecule has 0 fully saturated rings. The summed E-state index contributed by atoms with van der Waals surface area (Å²) in [6.45, 7) is 6.11. The zero-order valence-corrected chi connectivity index (χ0v) is 8.74. The summed E-state index contributed by atoms with van der Waals surface area (Å²) in [4.78, 5) is 4.22. The van der Waals surface area contributed by atoms with Gasteiger partial charge in [-0.3, -0.25) is 14.8 Å². The van der Waals surface area contributed by atoms with Crippen molar-refractivity contribution in [2.24, 2.45) is 0 Å². The molecule has 1 N–H and O–H groups in total. The summed E-state index contributed by atoms with van der Waals surface area (Å²) in [6, 6.07) is 2.08. The minimum absolute atomic E-state index is 0. The summed E-state index contributed by atoms with van der Waals surface area (Å²) in [5, 5.41) is 6.77. The molecule has 2 rings (SSSR count). The summed E-state index contributed by atoms with van der Waals surface area (Å²) in [5.41, 5.74) is 3.19. The molecule has 4 heteroatoms. The summed E-state index contributed by atoms with van der Waals surface area (Å²) in [6.07, 6.45) is 4.63. The van der Waals surface area contributed by atoms with Gasteiger partial charge in [-0.1, -0.05) is 20.8 Å². The lowest BCUT2D eigenvalue weighted by Crippen LogP contribution is -1.82. The predicted octanol–water partition coefficient (Wildman–Crippen LogP) is 2.95. The van der Waals surface area contributed by atoms with Crippen LogP contribution in [-0.4, -0.2) is 15.2 Å². The van der Waals surface area contributed by atoms with E-state index in [1.165, 1.54) is 5.56 Å². The van der Waals surface area contributed by atoms with Crippen LogP contribution in [0, 0.1) is 0 Å². The first-order chi connectivity index (χ1) is 6.40. The highest BCUT2D eigenvalue weighted by molar-refractivity contribution is 5.73. The highest BCUT2D eigenvalue weighted by Crippen LogP contribution is 2.08. The predicted molar refractivity (Wildman–Crippen MR) is 59.2 cm³/mol. The van der Waals surface area contributed by atoms with Crippen molar-refractivity contribution in [3.8, 4) is 0 Å². The van der Waals surface area contributed by atoms with Crippen molar-refractivity contribution in [1.82, 2.24) is 15.2 Å². The molecule has 2 heterocycles. The first-order valence-corrected chi connectivity index (χ1v) is 4.68. The Morgan fingerprint density at radius 2 is 2.07 bits per heavy atom. The van der Waals surface area contributed by atoms with Crippen LogP contribution in [0.2, 0.25) is 0 Å². The van der Waals surface area contributed by atoms with Crippen molar-refractivity contribution in [3.63, 3.8) is 0 Å². The van der Waals surface area contributed by atoms with E-state index in [0.717, 1.165) is 17.5 Å². The number of nitrogens with zero attached hydrogens (tertiary/aromatic N) is 2. The molecule has 0 aliphatic heterocycles. The fourth-order valence-electron chi connectivity index (χ4n) is 1.07. The number of fused-ring (bicyclic) bond motifs is 1. The molecule has 0 aromatic carbocycles. The third-order valence-corrected chi connectivity index (χ3v) is 1.76. The first kappa shape index (κ1) is 12.6. The van der Waals surface area contributed by atoms with Crippen molar-refractivity contribution < 1.29 is 6.13 Å². The standard InChI is InChI=1S/C8H9N3.C2H6.FH.H2/c1-2-6-3-7-8(9-4-6)5-10-11-7;1-2;;/h3-5H,2H2,1H3,(H,10,11);1-2H3;2*1H. The molecule has 0 atom stereocenters. The fraction of sp³-hybridized carbons (Fsp3) is 0.400. The number of rotatable bonds is 1. The van der Waals surface area contributed by atoms with Crippen molar-refractivity contribution in [2.75, 3.05) is 0 Å². The molecule has 0 saturated carbocycles. The number of hydrogen-bond acceptors (Lipinski definition) is 2. The largest absolute Gasteiger partial charge is 0.276 e. The molecule has 3 nitrogen and oxygen atoms in total. The van der Waals surface area contributed by atoms with Crippen LogP contribution in [0.4, 0.5) is 4.70 Å². The second-order valence-electron chi connectivity index (χ2n) is 2.50. The van der Waals surface area contributed by atoms with E-state index in [2.05, 4.69) is 28.2 Å². The van der Waals surface area contributed by atoms with Gasteiger partial charge in [-0.25, -0.2) is 0 Å². The van der Waals surface area contributed by atoms with Gasteiger partial charge in [0.25, 0.3) is 0 Å². The zero-order valence-electron chi connectivity index (χ0n) is 8.74. The van der Waals surface area contributed by atoms with Crippen molar-refractivity contribution >= 4 is 11.0 Å². The fourth-order valence-corrected chi connectivity index (χ4v) is 1.07. The maximum Gasteiger partial charge on any atom is 0.108 e. The smallest absolute Gasteiger partial charge is 0.108 e. The van der Waals surface area contributed by atoms with Crippen LogP contribution in [0.25, 0.3) is 11.0 Å². The van der Waals surface area contributed by atoms with Gasteiger partial charge in [0.2, 0.25) is 0 Å². The first-order valence-electron chi connectivity index (χ1n) is 4.68. The Labute approximate surface area is 84.4 Å². The lowest BCUT2D eigenvalue weighted by molar-refractivity contribution is 1.10. The molecule has 2 aromatic heterocycles. The molecule has 0 saturated heterocycles. The maximum absolute atomic E-state index is 4.22. The molecule has 0 aliphatic rings. The van der Waals surface area contributed by atoms with E-state index in [1.54, 1.807) is 6.20 Å². The van der Waals surface area contributed by atoms with Gasteiger partial charge in [0.05, 0.1) is 11.7 Å². The molecule has 80 valence electrons. The van der Waals surface area contributed by atoms with E-state index < -0.39 is 0 Å². The molecule has 2 aromatic rings. The number of nitrogens with one attached hydrogen (secondary N) is 1. The topological polar surface area (TPSA) is 41.6 Å². The van der Waals surface area contributed by atoms with E-state index in [0.29, 0.717) is 0 Å². The number of aromatic amines is 1. The number of aryl methyl sites for hydroxylation is 1. The van der Waals surface area contributed by atoms with Crippen LogP contribution >= 0.6 is 0 Å². The number of pyridine rings is 1. The van der Waals surface area contributed by atoms with Gasteiger partial charge < -0.3 is 0 Å². The second-order valence-corrected chi connectivity index (χ2v) is 2.50. The Balaban J connectivity index is 0. The lowest BCUT2D eigenvalue weighted by atomic mass is 10.2. The molecule has 0 spiro atoms. The third-order valence-electron chi connectivity index (χ3n) is 1.76. The number of halogens is 1. The van der Waals surface area contributed by atoms with E-state index in [-0.39, 0.29) is 6.13 Å². The van der Waals surface area contributed by atoms with Crippen molar-refractivity contribution in [1.29, 1.82) is 0 Å². The van der Waals surface area contributed by atoms with E-state index in [4.69, 9.17) is 0 Å². The SMILES string of the molecule is CC.CCc1cnc2cn[nH]c2c1.F.[HH]. The Bertz CT molecular complexity index is 375. The van der Waals surface area contributed by atoms with Crippen LogP contribution in [0.3, 0.4) is 0 Å². The van der Waals surface area contributed by atoms with Crippen LogP contribution in [0.15, 0.2) is 18.5 Å². The van der Waals surface area contributed by atoms with Gasteiger partial charge in [-0.15, -0.1) is 0 Å². The molecule has 0 aliphatic carbocycles. The Kier molecular flexibility index (Phi) is 5.44. The van der Waals surface area contributed by atoms with Gasteiger partial charge in [0.15, 0.2) is 0 Å². The molecule has 0 unspecified atom stereocenters. The van der Waals surface area contributed by atoms with E-state index in [9.17, 15) is 0 Å². The molecular weight excluding hydrogens is 181 g/mol. The molecule has 0 radical (unpaired) electrons. The Morgan fingerprint density at radius 3 is 2.71 bits per heavy atom. The average Bonchev–Trinajstić information content (AvgIpc) is 2.67. The van der Waals surface area contributed by atoms with Crippen molar-refractivity contribution in [2.45, 2.75) is 27.2 Å². The Hall–Kier alpha value is -1.45. The molecule has 14 heavy (non-hydrogen) atoms. The highest BCUT2D eigenvalue weighted by Gasteiger charge is 1.96. The minimum atomic E-state index is 0. The number of hydrogen-bond donors (Lipinski definition) is 1. The maximum atomic E-state index is 4.22. The zero-order chi connectivity index (χ0) is 9.68. The summed E-state index contributed by atoms with van der Waals surface area (Å²) >= 11 is 0. The van der Waals surface area contributed by atoms with Crippen LogP contribution in [-0.2, 0) is 6.42 Å². The van der Waals surface area contributed by atoms with Gasteiger partial charge in [0, 0.05) is 7.62 Å². The normalized spacial score (nSPS) is 8.79. The lowest BCUT2D eigenvalue weighted by Gasteiger charge is -1.93.